The Bertz CT molecular complexity index is 505. The van der Waals surface area contributed by atoms with E-state index < -0.39 is 5.82 Å². The van der Waals surface area contributed by atoms with Gasteiger partial charge in [0.05, 0.1) is 13.7 Å². The Hall–Kier alpha value is -2.11. The van der Waals surface area contributed by atoms with E-state index in [1.54, 1.807) is 11.0 Å². The summed E-state index contributed by atoms with van der Waals surface area (Å²) in [4.78, 5) is 24.5. The molecule has 2 amide bonds. The van der Waals surface area contributed by atoms with E-state index in [0.717, 1.165) is 0 Å². The lowest BCUT2D eigenvalue weighted by molar-refractivity contribution is -0.130. The van der Waals surface area contributed by atoms with E-state index in [-0.39, 0.29) is 37.1 Å². The van der Waals surface area contributed by atoms with E-state index in [1.807, 2.05) is 0 Å². The van der Waals surface area contributed by atoms with Gasteiger partial charge in [0, 0.05) is 19.5 Å². The molecular formula is C13H15FN2O3. The highest BCUT2D eigenvalue weighted by Crippen LogP contribution is 2.19. The van der Waals surface area contributed by atoms with Crippen LogP contribution in [0.3, 0.4) is 0 Å². The first-order valence-corrected chi connectivity index (χ1v) is 5.97. The van der Waals surface area contributed by atoms with E-state index in [4.69, 9.17) is 4.74 Å². The minimum absolute atomic E-state index is 0.00251. The fourth-order valence-corrected chi connectivity index (χ4v) is 1.93. The summed E-state index contributed by atoms with van der Waals surface area (Å²) in [5, 5.41) is 2.52. The summed E-state index contributed by atoms with van der Waals surface area (Å²) in [6.07, 6.45) is 0.268. The Morgan fingerprint density at radius 2 is 2.21 bits per heavy atom. The van der Waals surface area contributed by atoms with Crippen molar-refractivity contribution < 1.29 is 18.7 Å². The summed E-state index contributed by atoms with van der Waals surface area (Å²) >= 11 is 0. The third kappa shape index (κ3) is 3.21. The van der Waals surface area contributed by atoms with Crippen molar-refractivity contribution >= 4 is 11.8 Å². The second-order valence-electron chi connectivity index (χ2n) is 4.31. The Balaban J connectivity index is 2.09. The number of ether oxygens (including phenoxy) is 1. The molecule has 1 aromatic rings. The van der Waals surface area contributed by atoms with Crippen LogP contribution in [-0.2, 0) is 16.1 Å². The molecule has 0 unspecified atom stereocenters. The van der Waals surface area contributed by atoms with Crippen LogP contribution in [0.1, 0.15) is 12.0 Å². The predicted molar refractivity (Wildman–Crippen MR) is 66.0 cm³/mol. The van der Waals surface area contributed by atoms with Crippen LogP contribution in [0.4, 0.5) is 4.39 Å². The van der Waals surface area contributed by atoms with Crippen molar-refractivity contribution in [3.8, 4) is 5.75 Å². The molecule has 6 heteroatoms. The zero-order chi connectivity index (χ0) is 13.8. The second kappa shape index (κ2) is 5.69. The van der Waals surface area contributed by atoms with Crippen LogP contribution >= 0.6 is 0 Å². The zero-order valence-corrected chi connectivity index (χ0v) is 10.6. The van der Waals surface area contributed by atoms with Gasteiger partial charge < -0.3 is 15.0 Å². The molecule has 0 atom stereocenters. The first kappa shape index (κ1) is 13.3. The largest absolute Gasteiger partial charge is 0.494 e. The highest BCUT2D eigenvalue weighted by atomic mass is 19.1. The normalized spacial score (nSPS) is 16.0. The van der Waals surface area contributed by atoms with Crippen molar-refractivity contribution in [1.82, 2.24) is 10.2 Å². The van der Waals surface area contributed by atoms with Gasteiger partial charge in [0.1, 0.15) is 0 Å². The van der Waals surface area contributed by atoms with Gasteiger partial charge in [0.2, 0.25) is 11.8 Å². The first-order valence-electron chi connectivity index (χ1n) is 5.97. The number of hydrogen-bond donors (Lipinski definition) is 1. The highest BCUT2D eigenvalue weighted by Gasteiger charge is 2.20. The molecule has 102 valence electrons. The molecule has 1 aliphatic rings. The van der Waals surface area contributed by atoms with Crippen molar-refractivity contribution in [2.45, 2.75) is 13.0 Å². The van der Waals surface area contributed by atoms with Crippen LogP contribution < -0.4 is 10.1 Å². The summed E-state index contributed by atoms with van der Waals surface area (Å²) in [5.74, 6) is -0.599. The standard InChI is InChI=1S/C13H15FN2O3/c1-19-11-3-2-9(6-10(11)14)8-16-5-4-12(17)15-7-13(16)18/h2-3,6H,4-5,7-8H2,1H3,(H,15,17). The van der Waals surface area contributed by atoms with Gasteiger partial charge in [0.15, 0.2) is 11.6 Å². The van der Waals surface area contributed by atoms with Gasteiger partial charge in [-0.25, -0.2) is 4.39 Å². The van der Waals surface area contributed by atoms with E-state index in [1.165, 1.54) is 19.2 Å². The van der Waals surface area contributed by atoms with Crippen LogP contribution in [0, 0.1) is 5.82 Å². The third-order valence-electron chi connectivity index (χ3n) is 2.99. The predicted octanol–water partition coefficient (Wildman–Crippen LogP) is 0.683. The Kier molecular flexibility index (Phi) is 3.99. The number of benzene rings is 1. The van der Waals surface area contributed by atoms with Crippen molar-refractivity contribution in [3.63, 3.8) is 0 Å². The lowest BCUT2D eigenvalue weighted by Crippen LogP contribution is -2.34. The van der Waals surface area contributed by atoms with Crippen LogP contribution in [0.15, 0.2) is 18.2 Å². The van der Waals surface area contributed by atoms with Crippen molar-refractivity contribution in [1.29, 1.82) is 0 Å². The molecule has 0 spiro atoms. The molecule has 0 aromatic heterocycles. The average Bonchev–Trinajstić information content (AvgIpc) is 2.54. The van der Waals surface area contributed by atoms with Crippen molar-refractivity contribution in [2.24, 2.45) is 0 Å². The molecule has 1 fully saturated rings. The SMILES string of the molecule is COc1ccc(CN2CCC(=O)NCC2=O)cc1F. The molecule has 2 rings (SSSR count). The molecule has 1 aromatic carbocycles. The molecule has 1 saturated heterocycles. The maximum absolute atomic E-state index is 13.5. The molecule has 0 aliphatic carbocycles. The summed E-state index contributed by atoms with van der Waals surface area (Å²) in [5.41, 5.74) is 0.668. The fraction of sp³-hybridized carbons (Fsp3) is 0.385. The van der Waals surface area contributed by atoms with E-state index in [0.29, 0.717) is 12.1 Å². The number of carbonyl (C=O) groups excluding carboxylic acids is 2. The van der Waals surface area contributed by atoms with E-state index >= 15 is 0 Å². The molecule has 19 heavy (non-hydrogen) atoms. The topological polar surface area (TPSA) is 58.6 Å². The number of nitrogens with zero attached hydrogens (tertiary/aromatic N) is 1. The van der Waals surface area contributed by atoms with Gasteiger partial charge in [-0.05, 0) is 17.7 Å². The van der Waals surface area contributed by atoms with E-state index in [2.05, 4.69) is 5.32 Å². The van der Waals surface area contributed by atoms with E-state index in [9.17, 15) is 14.0 Å². The average molecular weight is 266 g/mol. The quantitative estimate of drug-likeness (QED) is 0.875. The van der Waals surface area contributed by atoms with Gasteiger partial charge in [-0.1, -0.05) is 6.07 Å². The number of rotatable bonds is 3. The van der Waals surface area contributed by atoms with Crippen molar-refractivity contribution in [2.75, 3.05) is 20.2 Å². The molecule has 0 radical (unpaired) electrons. The number of carbonyl (C=O) groups is 2. The monoisotopic (exact) mass is 266 g/mol. The summed E-state index contributed by atoms with van der Waals surface area (Å²) in [6, 6.07) is 4.57. The lowest BCUT2D eigenvalue weighted by Gasteiger charge is -2.20. The number of nitrogens with one attached hydrogen (secondary N) is 1. The van der Waals surface area contributed by atoms with Gasteiger partial charge in [-0.15, -0.1) is 0 Å². The Morgan fingerprint density at radius 3 is 2.89 bits per heavy atom. The molecule has 0 saturated carbocycles. The van der Waals surface area contributed by atoms with Crippen LogP contribution in [0.5, 0.6) is 5.75 Å². The van der Waals surface area contributed by atoms with Crippen LogP contribution in [-0.4, -0.2) is 36.9 Å². The molecular weight excluding hydrogens is 251 g/mol. The summed E-state index contributed by atoms with van der Waals surface area (Å²) in [7, 11) is 1.40. The van der Waals surface area contributed by atoms with Crippen LogP contribution in [0.25, 0.3) is 0 Å². The molecule has 1 N–H and O–H groups in total. The number of hydrogen-bond acceptors (Lipinski definition) is 3. The van der Waals surface area contributed by atoms with Gasteiger partial charge in [-0.2, -0.15) is 0 Å². The maximum Gasteiger partial charge on any atom is 0.242 e. The number of amides is 2. The number of methoxy groups -OCH3 is 1. The number of halogens is 1. The molecule has 1 heterocycles. The summed E-state index contributed by atoms with van der Waals surface area (Å²) < 4.78 is 18.4. The third-order valence-corrected chi connectivity index (χ3v) is 2.99. The smallest absolute Gasteiger partial charge is 0.242 e. The zero-order valence-electron chi connectivity index (χ0n) is 10.6. The second-order valence-corrected chi connectivity index (χ2v) is 4.31. The molecule has 0 bridgehead atoms. The van der Waals surface area contributed by atoms with Crippen molar-refractivity contribution in [3.05, 3.63) is 29.6 Å². The molecule has 1 aliphatic heterocycles. The highest BCUT2D eigenvalue weighted by molar-refractivity contribution is 5.87. The minimum atomic E-state index is -0.462. The Morgan fingerprint density at radius 1 is 1.42 bits per heavy atom. The van der Waals surface area contributed by atoms with Crippen LogP contribution in [0.2, 0.25) is 0 Å². The fourth-order valence-electron chi connectivity index (χ4n) is 1.93. The minimum Gasteiger partial charge on any atom is -0.494 e. The first-order chi connectivity index (χ1) is 9.10. The van der Waals surface area contributed by atoms with Gasteiger partial charge in [0.25, 0.3) is 0 Å². The molecule has 5 nitrogen and oxygen atoms in total. The maximum atomic E-state index is 13.5. The van der Waals surface area contributed by atoms with Gasteiger partial charge in [-0.3, -0.25) is 9.59 Å². The Labute approximate surface area is 110 Å². The summed E-state index contributed by atoms with van der Waals surface area (Å²) in [6.45, 7) is 0.629. The lowest BCUT2D eigenvalue weighted by atomic mass is 10.2. The van der Waals surface area contributed by atoms with Gasteiger partial charge >= 0.3 is 0 Å².